The first kappa shape index (κ1) is 14.4. The number of rotatable bonds is 8. The van der Waals surface area contributed by atoms with Crippen LogP contribution in [0.2, 0.25) is 0 Å². The Labute approximate surface area is 109 Å². The largest absolute Gasteiger partial charge is 0.481 e. The van der Waals surface area contributed by atoms with Crippen LogP contribution in [-0.4, -0.2) is 17.3 Å². The quantitative estimate of drug-likeness (QED) is 0.501. The predicted molar refractivity (Wildman–Crippen MR) is 74.9 cm³/mol. The number of aromatic nitrogens is 1. The van der Waals surface area contributed by atoms with E-state index in [2.05, 4.69) is 24.9 Å². The molecule has 0 aromatic carbocycles. The standard InChI is InChI=1S/C14H23NOS/c1-4-5-6-7-8-12(2)17-13-9-10-14(16-3)15-11-13/h9-12H,4-8H2,1-3H3. The molecule has 0 aliphatic carbocycles. The van der Waals surface area contributed by atoms with Gasteiger partial charge in [0.05, 0.1) is 7.11 Å². The molecule has 1 unspecified atom stereocenters. The van der Waals surface area contributed by atoms with Crippen molar-refractivity contribution in [1.82, 2.24) is 4.98 Å². The molecule has 2 nitrogen and oxygen atoms in total. The lowest BCUT2D eigenvalue weighted by molar-refractivity contribution is 0.397. The van der Waals surface area contributed by atoms with Gasteiger partial charge in [-0.1, -0.05) is 39.5 Å². The Morgan fingerprint density at radius 2 is 2.12 bits per heavy atom. The highest BCUT2D eigenvalue weighted by Gasteiger charge is 2.04. The molecular weight excluding hydrogens is 230 g/mol. The molecule has 0 aliphatic heterocycles. The number of ether oxygens (including phenoxy) is 1. The van der Waals surface area contributed by atoms with E-state index in [0.29, 0.717) is 11.1 Å². The van der Waals surface area contributed by atoms with Gasteiger partial charge >= 0.3 is 0 Å². The number of nitrogens with zero attached hydrogens (tertiary/aromatic N) is 1. The number of pyridine rings is 1. The lowest BCUT2D eigenvalue weighted by atomic mass is 10.1. The molecular formula is C14H23NOS. The van der Waals surface area contributed by atoms with Crippen molar-refractivity contribution >= 4 is 11.8 Å². The molecule has 0 aliphatic rings. The highest BCUT2D eigenvalue weighted by molar-refractivity contribution is 7.99. The van der Waals surface area contributed by atoms with Crippen molar-refractivity contribution in [3.05, 3.63) is 18.3 Å². The lowest BCUT2D eigenvalue weighted by Gasteiger charge is -2.10. The zero-order valence-corrected chi connectivity index (χ0v) is 11.9. The maximum absolute atomic E-state index is 5.05. The first-order valence-electron chi connectivity index (χ1n) is 6.43. The Balaban J connectivity index is 2.26. The van der Waals surface area contributed by atoms with Crippen molar-refractivity contribution in [2.24, 2.45) is 0 Å². The summed E-state index contributed by atoms with van der Waals surface area (Å²) in [6.45, 7) is 4.54. The van der Waals surface area contributed by atoms with Gasteiger partial charge in [0.15, 0.2) is 0 Å². The van der Waals surface area contributed by atoms with E-state index < -0.39 is 0 Å². The van der Waals surface area contributed by atoms with E-state index in [-0.39, 0.29) is 0 Å². The summed E-state index contributed by atoms with van der Waals surface area (Å²) in [5, 5.41) is 0.669. The Hall–Kier alpha value is -0.700. The Bertz CT molecular complexity index is 300. The van der Waals surface area contributed by atoms with Crippen LogP contribution < -0.4 is 4.74 Å². The zero-order valence-electron chi connectivity index (χ0n) is 11.1. The third kappa shape index (κ3) is 5.97. The van der Waals surface area contributed by atoms with Crippen LogP contribution >= 0.6 is 11.8 Å². The summed E-state index contributed by atoms with van der Waals surface area (Å²) in [6.07, 6.45) is 8.56. The second-order valence-corrected chi connectivity index (χ2v) is 5.83. The van der Waals surface area contributed by atoms with Gasteiger partial charge in [-0.3, -0.25) is 0 Å². The summed E-state index contributed by atoms with van der Waals surface area (Å²) in [4.78, 5) is 5.45. The number of hydrogen-bond donors (Lipinski definition) is 0. The molecule has 0 bridgehead atoms. The molecule has 1 heterocycles. The fraction of sp³-hybridized carbons (Fsp3) is 0.643. The van der Waals surface area contributed by atoms with E-state index in [1.165, 1.54) is 37.0 Å². The molecule has 0 fully saturated rings. The molecule has 1 aromatic heterocycles. The van der Waals surface area contributed by atoms with Crippen LogP contribution in [0.4, 0.5) is 0 Å². The molecule has 0 amide bonds. The third-order valence-corrected chi connectivity index (χ3v) is 3.87. The SMILES string of the molecule is CCCCCCC(C)Sc1ccc(OC)nc1. The molecule has 1 aromatic rings. The molecule has 0 saturated heterocycles. The zero-order chi connectivity index (χ0) is 12.5. The summed E-state index contributed by atoms with van der Waals surface area (Å²) in [6, 6.07) is 4.01. The van der Waals surface area contributed by atoms with E-state index in [4.69, 9.17) is 4.74 Å². The number of hydrogen-bond acceptors (Lipinski definition) is 3. The molecule has 17 heavy (non-hydrogen) atoms. The van der Waals surface area contributed by atoms with Crippen molar-refractivity contribution in [3.8, 4) is 5.88 Å². The van der Waals surface area contributed by atoms with Gasteiger partial charge in [0, 0.05) is 22.4 Å². The maximum atomic E-state index is 5.05. The summed E-state index contributed by atoms with van der Waals surface area (Å²) in [5.74, 6) is 0.685. The molecule has 3 heteroatoms. The van der Waals surface area contributed by atoms with Gasteiger partial charge in [0.25, 0.3) is 0 Å². The van der Waals surface area contributed by atoms with Crippen LogP contribution in [0, 0.1) is 0 Å². The second kappa shape index (κ2) is 8.40. The van der Waals surface area contributed by atoms with E-state index >= 15 is 0 Å². The van der Waals surface area contributed by atoms with Gasteiger partial charge in [-0.2, -0.15) is 0 Å². The predicted octanol–water partition coefficient (Wildman–Crippen LogP) is 4.54. The van der Waals surface area contributed by atoms with Crippen molar-refractivity contribution in [2.75, 3.05) is 7.11 Å². The van der Waals surface area contributed by atoms with Gasteiger partial charge in [0.1, 0.15) is 0 Å². The van der Waals surface area contributed by atoms with Crippen molar-refractivity contribution in [3.63, 3.8) is 0 Å². The molecule has 96 valence electrons. The van der Waals surface area contributed by atoms with Crippen LogP contribution in [0.15, 0.2) is 23.2 Å². The molecule has 0 N–H and O–H groups in total. The molecule has 1 atom stereocenters. The first-order valence-corrected chi connectivity index (χ1v) is 7.31. The molecule has 0 spiro atoms. The fourth-order valence-corrected chi connectivity index (χ4v) is 2.72. The first-order chi connectivity index (χ1) is 8.26. The number of unbranched alkanes of at least 4 members (excludes halogenated alkanes) is 3. The normalized spacial score (nSPS) is 12.4. The molecule has 1 rings (SSSR count). The Morgan fingerprint density at radius 3 is 2.71 bits per heavy atom. The van der Waals surface area contributed by atoms with E-state index in [1.54, 1.807) is 7.11 Å². The van der Waals surface area contributed by atoms with Crippen molar-refractivity contribution in [1.29, 1.82) is 0 Å². The lowest BCUT2D eigenvalue weighted by Crippen LogP contribution is -1.96. The Morgan fingerprint density at radius 1 is 1.29 bits per heavy atom. The minimum Gasteiger partial charge on any atom is -0.481 e. The highest BCUT2D eigenvalue weighted by atomic mass is 32.2. The van der Waals surface area contributed by atoms with Gasteiger partial charge in [-0.25, -0.2) is 4.98 Å². The van der Waals surface area contributed by atoms with E-state index in [1.807, 2.05) is 24.0 Å². The summed E-state index contributed by atoms with van der Waals surface area (Å²) < 4.78 is 5.05. The molecule has 0 radical (unpaired) electrons. The van der Waals surface area contributed by atoms with Gasteiger partial charge in [-0.05, 0) is 12.5 Å². The van der Waals surface area contributed by atoms with Crippen LogP contribution in [-0.2, 0) is 0 Å². The van der Waals surface area contributed by atoms with Crippen molar-refractivity contribution < 1.29 is 4.74 Å². The smallest absolute Gasteiger partial charge is 0.212 e. The average Bonchev–Trinajstić information content (AvgIpc) is 2.36. The summed E-state index contributed by atoms with van der Waals surface area (Å²) >= 11 is 1.90. The highest BCUT2D eigenvalue weighted by Crippen LogP contribution is 2.26. The topological polar surface area (TPSA) is 22.1 Å². The minimum atomic E-state index is 0.669. The van der Waals surface area contributed by atoms with Gasteiger partial charge < -0.3 is 4.74 Å². The molecule has 0 saturated carbocycles. The van der Waals surface area contributed by atoms with Gasteiger partial charge in [-0.15, -0.1) is 11.8 Å². The second-order valence-electron chi connectivity index (χ2n) is 4.31. The number of methoxy groups -OCH3 is 1. The fourth-order valence-electron chi connectivity index (χ4n) is 1.71. The third-order valence-electron chi connectivity index (χ3n) is 2.72. The van der Waals surface area contributed by atoms with E-state index in [0.717, 1.165) is 0 Å². The van der Waals surface area contributed by atoms with Crippen LogP contribution in [0.3, 0.4) is 0 Å². The van der Waals surface area contributed by atoms with Crippen LogP contribution in [0.1, 0.15) is 46.0 Å². The average molecular weight is 253 g/mol. The minimum absolute atomic E-state index is 0.669. The van der Waals surface area contributed by atoms with E-state index in [9.17, 15) is 0 Å². The monoisotopic (exact) mass is 253 g/mol. The number of thioether (sulfide) groups is 1. The van der Waals surface area contributed by atoms with Gasteiger partial charge in [0.2, 0.25) is 5.88 Å². The summed E-state index contributed by atoms with van der Waals surface area (Å²) in [5.41, 5.74) is 0. The summed E-state index contributed by atoms with van der Waals surface area (Å²) in [7, 11) is 1.64. The Kier molecular flexibility index (Phi) is 7.10. The van der Waals surface area contributed by atoms with Crippen molar-refractivity contribution in [2.45, 2.75) is 56.1 Å². The maximum Gasteiger partial charge on any atom is 0.212 e. The van der Waals surface area contributed by atoms with Crippen LogP contribution in [0.25, 0.3) is 0 Å². The van der Waals surface area contributed by atoms with Crippen LogP contribution in [0.5, 0.6) is 5.88 Å².